The third kappa shape index (κ3) is 6.57. The van der Waals surface area contributed by atoms with Crippen molar-refractivity contribution < 1.29 is 4.79 Å². The number of carbonyl (C=O) groups is 1. The highest BCUT2D eigenvalue weighted by Gasteiger charge is 2.25. The van der Waals surface area contributed by atoms with Crippen LogP contribution < -0.4 is 5.32 Å². The summed E-state index contributed by atoms with van der Waals surface area (Å²) in [4.78, 5) is 18.1. The average Bonchev–Trinajstić information content (AvgIpc) is 3.17. The Morgan fingerprint density at radius 1 is 1.06 bits per heavy atom. The van der Waals surface area contributed by atoms with Gasteiger partial charge in [0, 0.05) is 42.2 Å². The molecule has 0 radical (unpaired) electrons. The number of amides is 1. The molecule has 1 heterocycles. The van der Waals surface area contributed by atoms with E-state index in [0.717, 1.165) is 83.8 Å². The van der Waals surface area contributed by atoms with Gasteiger partial charge >= 0.3 is 0 Å². The second-order valence-corrected chi connectivity index (χ2v) is 10.2. The predicted octanol–water partition coefficient (Wildman–Crippen LogP) is 5.27. The van der Waals surface area contributed by atoms with Crippen LogP contribution in [0.3, 0.4) is 0 Å². The molecule has 0 unspecified atom stereocenters. The van der Waals surface area contributed by atoms with Gasteiger partial charge < -0.3 is 15.1 Å². The van der Waals surface area contributed by atoms with Crippen molar-refractivity contribution in [3.63, 3.8) is 0 Å². The first-order valence-electron chi connectivity index (χ1n) is 11.6. The van der Waals surface area contributed by atoms with Gasteiger partial charge in [0.15, 0.2) is 0 Å². The fourth-order valence-corrected chi connectivity index (χ4v) is 4.96. The number of allylic oxidation sites excluding steroid dienone is 2. The van der Waals surface area contributed by atoms with Crippen LogP contribution in [-0.4, -0.2) is 62.0 Å². The molecule has 0 saturated carbocycles. The summed E-state index contributed by atoms with van der Waals surface area (Å²) in [5.41, 5.74) is 5.12. The number of halogens is 2. The molecule has 1 aliphatic carbocycles. The van der Waals surface area contributed by atoms with Crippen molar-refractivity contribution in [1.29, 1.82) is 0 Å². The second-order valence-electron chi connectivity index (χ2n) is 8.87. The van der Waals surface area contributed by atoms with Crippen LogP contribution in [-0.2, 0) is 11.2 Å². The zero-order chi connectivity index (χ0) is 23.2. The first-order valence-corrected chi connectivity index (χ1v) is 12.8. The van der Waals surface area contributed by atoms with Gasteiger partial charge in [-0.25, -0.2) is 0 Å². The van der Waals surface area contributed by atoms with Crippen molar-refractivity contribution in [3.8, 4) is 0 Å². The highest BCUT2D eigenvalue weighted by Crippen LogP contribution is 2.35. The predicted molar refractivity (Wildman–Crippen MR) is 141 cm³/mol. The summed E-state index contributed by atoms with van der Waals surface area (Å²) in [6.45, 7) is 6.39. The number of nitrogens with one attached hydrogen (secondary N) is 1. The molecule has 4 rings (SSSR count). The van der Waals surface area contributed by atoms with Gasteiger partial charge in [-0.2, -0.15) is 0 Å². The Kier molecular flexibility index (Phi) is 8.42. The Hall–Kier alpha value is -1.92. The number of unbranched alkanes of at least 4 members (excludes halogenated alkanes) is 1. The molecule has 4 nitrogen and oxygen atoms in total. The van der Waals surface area contributed by atoms with Crippen LogP contribution in [0.5, 0.6) is 0 Å². The lowest BCUT2D eigenvalue weighted by Gasteiger charge is -2.32. The maximum atomic E-state index is 13.2. The van der Waals surface area contributed by atoms with E-state index in [1.807, 2.05) is 36.4 Å². The third-order valence-corrected chi connectivity index (χ3v) is 7.14. The molecule has 1 N–H and O–H groups in total. The first kappa shape index (κ1) is 24.2. The Bertz CT molecular complexity index is 1040. The van der Waals surface area contributed by atoms with Crippen LogP contribution >= 0.6 is 27.5 Å². The van der Waals surface area contributed by atoms with Gasteiger partial charge in [0.25, 0.3) is 5.91 Å². The molecule has 0 atom stereocenters. The average molecular weight is 529 g/mol. The SMILES string of the molecule is CN1CCN(CCCCNC(=O)C2=C(/C=C/c3ccc(Cl)cc3)Cc3cc(Br)ccc32)CC1. The summed E-state index contributed by atoms with van der Waals surface area (Å²) in [6.07, 6.45) is 6.98. The summed E-state index contributed by atoms with van der Waals surface area (Å²) in [7, 11) is 2.18. The monoisotopic (exact) mass is 527 g/mol. The molecule has 33 heavy (non-hydrogen) atoms. The van der Waals surface area contributed by atoms with Gasteiger partial charge in [0.2, 0.25) is 0 Å². The number of carbonyl (C=O) groups excluding carboxylic acids is 1. The molecule has 1 saturated heterocycles. The van der Waals surface area contributed by atoms with Gasteiger partial charge in [-0.3, -0.25) is 4.79 Å². The minimum Gasteiger partial charge on any atom is -0.352 e. The molecule has 2 aromatic rings. The van der Waals surface area contributed by atoms with E-state index in [4.69, 9.17) is 11.6 Å². The first-order chi connectivity index (χ1) is 16.0. The van der Waals surface area contributed by atoms with Crippen molar-refractivity contribution >= 4 is 45.1 Å². The zero-order valence-corrected chi connectivity index (χ0v) is 21.5. The van der Waals surface area contributed by atoms with E-state index in [-0.39, 0.29) is 5.91 Å². The Morgan fingerprint density at radius 2 is 1.82 bits per heavy atom. The number of rotatable bonds is 8. The maximum Gasteiger partial charge on any atom is 0.252 e. The van der Waals surface area contributed by atoms with Crippen LogP contribution in [0.2, 0.25) is 5.02 Å². The van der Waals surface area contributed by atoms with Crippen LogP contribution in [0.4, 0.5) is 0 Å². The number of hydrogen-bond donors (Lipinski definition) is 1. The molecule has 0 spiro atoms. The molecule has 1 aliphatic heterocycles. The number of piperazine rings is 1. The zero-order valence-electron chi connectivity index (χ0n) is 19.1. The van der Waals surface area contributed by atoms with E-state index in [1.165, 1.54) is 5.56 Å². The Morgan fingerprint density at radius 3 is 2.58 bits per heavy atom. The molecule has 2 aliphatic rings. The van der Waals surface area contributed by atoms with Gasteiger partial charge in [-0.15, -0.1) is 0 Å². The molecule has 0 aromatic heterocycles. The minimum atomic E-state index is 0.0198. The van der Waals surface area contributed by atoms with E-state index >= 15 is 0 Å². The van der Waals surface area contributed by atoms with Crippen molar-refractivity contribution in [1.82, 2.24) is 15.1 Å². The largest absolute Gasteiger partial charge is 0.352 e. The summed E-state index contributed by atoms with van der Waals surface area (Å²) in [5, 5.41) is 3.89. The second kappa shape index (κ2) is 11.5. The Balaban J connectivity index is 1.38. The number of hydrogen-bond acceptors (Lipinski definition) is 3. The summed E-state index contributed by atoms with van der Waals surface area (Å²) < 4.78 is 1.04. The molecule has 0 bridgehead atoms. The van der Waals surface area contributed by atoms with Crippen molar-refractivity contribution in [3.05, 3.63) is 80.3 Å². The van der Waals surface area contributed by atoms with E-state index in [1.54, 1.807) is 0 Å². The maximum absolute atomic E-state index is 13.2. The molecule has 6 heteroatoms. The van der Waals surface area contributed by atoms with Crippen molar-refractivity contribution in [2.75, 3.05) is 46.3 Å². The number of likely N-dealkylation sites (N-methyl/N-ethyl adjacent to an activating group) is 1. The molecule has 1 fully saturated rings. The lowest BCUT2D eigenvalue weighted by atomic mass is 10.0. The van der Waals surface area contributed by atoms with Crippen LogP contribution in [0, 0.1) is 0 Å². The number of benzene rings is 2. The smallest absolute Gasteiger partial charge is 0.252 e. The normalized spacial score (nSPS) is 17.1. The molecule has 2 aromatic carbocycles. The molecular formula is C27H31BrClN3O. The quantitative estimate of drug-likeness (QED) is 0.474. The molecule has 1 amide bonds. The van der Waals surface area contributed by atoms with E-state index in [9.17, 15) is 4.79 Å². The lowest BCUT2D eigenvalue weighted by Crippen LogP contribution is -2.44. The van der Waals surface area contributed by atoms with Crippen molar-refractivity contribution in [2.24, 2.45) is 0 Å². The highest BCUT2D eigenvalue weighted by atomic mass is 79.9. The topological polar surface area (TPSA) is 35.6 Å². The van der Waals surface area contributed by atoms with E-state index in [2.05, 4.69) is 56.3 Å². The minimum absolute atomic E-state index is 0.0198. The summed E-state index contributed by atoms with van der Waals surface area (Å²) in [5.74, 6) is 0.0198. The summed E-state index contributed by atoms with van der Waals surface area (Å²) >= 11 is 9.57. The van der Waals surface area contributed by atoms with Gasteiger partial charge in [-0.1, -0.05) is 57.9 Å². The lowest BCUT2D eigenvalue weighted by molar-refractivity contribution is -0.115. The Labute approximate surface area is 210 Å². The fourth-order valence-electron chi connectivity index (χ4n) is 4.42. The van der Waals surface area contributed by atoms with E-state index in [0.29, 0.717) is 6.54 Å². The number of fused-ring (bicyclic) bond motifs is 1. The molecule has 174 valence electrons. The standard InChI is InChI=1S/C27H31BrClN3O/c1-31-14-16-32(17-15-31)13-3-2-12-30-27(33)26-21(7-4-20-5-9-24(29)10-6-20)18-22-19-23(28)8-11-25(22)26/h4-11,19H,2-3,12-18H2,1H3,(H,30,33)/b7-4+. The fraction of sp³-hybridized carbons (Fsp3) is 0.370. The van der Waals surface area contributed by atoms with E-state index < -0.39 is 0 Å². The van der Waals surface area contributed by atoms with Crippen LogP contribution in [0.15, 0.2) is 58.6 Å². The van der Waals surface area contributed by atoms with Crippen molar-refractivity contribution in [2.45, 2.75) is 19.3 Å². The summed E-state index contributed by atoms with van der Waals surface area (Å²) in [6, 6.07) is 13.9. The van der Waals surface area contributed by atoms with Crippen LogP contribution in [0.25, 0.3) is 11.6 Å². The third-order valence-electron chi connectivity index (χ3n) is 6.40. The highest BCUT2D eigenvalue weighted by molar-refractivity contribution is 9.10. The molecular weight excluding hydrogens is 498 g/mol. The van der Waals surface area contributed by atoms with Gasteiger partial charge in [-0.05, 0) is 79.4 Å². The van der Waals surface area contributed by atoms with Gasteiger partial charge in [0.05, 0.1) is 5.57 Å². The number of nitrogens with zero attached hydrogens (tertiary/aromatic N) is 2. The van der Waals surface area contributed by atoms with Gasteiger partial charge in [0.1, 0.15) is 0 Å². The van der Waals surface area contributed by atoms with Crippen LogP contribution in [0.1, 0.15) is 29.5 Å².